The lowest BCUT2D eigenvalue weighted by Crippen LogP contribution is -2.18. The predicted octanol–water partition coefficient (Wildman–Crippen LogP) is 4.33. The van der Waals surface area contributed by atoms with Crippen molar-refractivity contribution in [1.82, 2.24) is 9.55 Å². The molecule has 0 aliphatic rings. The summed E-state index contributed by atoms with van der Waals surface area (Å²) in [5.74, 6) is -0.702. The molecule has 1 heterocycles. The quantitative estimate of drug-likeness (QED) is 0.497. The highest BCUT2D eigenvalue weighted by molar-refractivity contribution is 7.98. The van der Waals surface area contributed by atoms with Gasteiger partial charge in [-0.2, -0.15) is 0 Å². The molecular weight excluding hydrogens is 374 g/mol. The summed E-state index contributed by atoms with van der Waals surface area (Å²) in [5, 5.41) is 3.34. The lowest BCUT2D eigenvalue weighted by atomic mass is 10.1. The van der Waals surface area contributed by atoms with Crippen LogP contribution in [0.25, 0.3) is 5.69 Å². The van der Waals surface area contributed by atoms with Crippen molar-refractivity contribution in [2.45, 2.75) is 19.0 Å². The second-order valence-corrected chi connectivity index (χ2v) is 6.78. The summed E-state index contributed by atoms with van der Waals surface area (Å²) in [6, 6.07) is 16.6. The zero-order valence-electron chi connectivity index (χ0n) is 15.9. The first kappa shape index (κ1) is 19.7. The molecule has 6 nitrogen and oxygen atoms in total. The van der Waals surface area contributed by atoms with Gasteiger partial charge < -0.3 is 10.1 Å². The van der Waals surface area contributed by atoms with Gasteiger partial charge in [0.1, 0.15) is 0 Å². The largest absolute Gasteiger partial charge is 0.461 e. The number of aryl methyl sites for hydroxylation is 1. The molecule has 0 aliphatic heterocycles. The van der Waals surface area contributed by atoms with Crippen molar-refractivity contribution >= 4 is 29.5 Å². The fourth-order valence-electron chi connectivity index (χ4n) is 2.71. The lowest BCUT2D eigenvalue weighted by Gasteiger charge is -2.11. The number of esters is 1. The van der Waals surface area contributed by atoms with Gasteiger partial charge in [0.05, 0.1) is 6.61 Å². The molecule has 0 radical (unpaired) electrons. The molecule has 3 rings (SSSR count). The number of aromatic nitrogens is 2. The normalized spacial score (nSPS) is 10.5. The predicted molar refractivity (Wildman–Crippen MR) is 110 cm³/mol. The van der Waals surface area contributed by atoms with Gasteiger partial charge in [0.25, 0.3) is 5.91 Å². The third-order valence-electron chi connectivity index (χ3n) is 4.06. The molecular formula is C21H21N3O3S. The number of carbonyl (C=O) groups is 2. The molecule has 0 saturated heterocycles. The summed E-state index contributed by atoms with van der Waals surface area (Å²) in [5.41, 5.74) is 2.50. The second-order valence-electron chi connectivity index (χ2n) is 6.01. The molecule has 7 heteroatoms. The van der Waals surface area contributed by atoms with Crippen LogP contribution in [-0.2, 0) is 4.74 Å². The van der Waals surface area contributed by atoms with Crippen LogP contribution in [0, 0.1) is 6.92 Å². The fourth-order valence-corrected chi connectivity index (χ4v) is 3.27. The maximum absolute atomic E-state index is 12.7. The zero-order chi connectivity index (χ0) is 20.1. The molecule has 0 atom stereocenters. The molecule has 28 heavy (non-hydrogen) atoms. The van der Waals surface area contributed by atoms with Crippen LogP contribution in [0.1, 0.15) is 33.3 Å². The Morgan fingerprint density at radius 2 is 1.79 bits per heavy atom. The van der Waals surface area contributed by atoms with Crippen LogP contribution in [0.2, 0.25) is 0 Å². The molecule has 0 fully saturated rings. The van der Waals surface area contributed by atoms with Crippen LogP contribution < -0.4 is 5.32 Å². The van der Waals surface area contributed by atoms with Crippen molar-refractivity contribution in [3.8, 4) is 5.69 Å². The topological polar surface area (TPSA) is 73.2 Å². The van der Waals surface area contributed by atoms with E-state index in [1.807, 2.05) is 55.6 Å². The van der Waals surface area contributed by atoms with E-state index in [0.29, 0.717) is 10.7 Å². The number of anilines is 1. The Morgan fingerprint density at radius 3 is 2.39 bits per heavy atom. The highest BCUT2D eigenvalue weighted by atomic mass is 32.2. The Morgan fingerprint density at radius 1 is 1.11 bits per heavy atom. The van der Waals surface area contributed by atoms with Crippen LogP contribution in [0.15, 0.2) is 59.8 Å². The van der Waals surface area contributed by atoms with Crippen LogP contribution in [0.4, 0.5) is 5.82 Å². The minimum absolute atomic E-state index is 0.178. The van der Waals surface area contributed by atoms with Gasteiger partial charge in [-0.1, -0.05) is 47.7 Å². The van der Waals surface area contributed by atoms with E-state index in [0.717, 1.165) is 11.3 Å². The average Bonchev–Trinajstić information content (AvgIpc) is 3.07. The minimum atomic E-state index is -0.543. The smallest absolute Gasteiger partial charge is 0.359 e. The van der Waals surface area contributed by atoms with E-state index in [2.05, 4.69) is 10.3 Å². The van der Waals surface area contributed by atoms with Gasteiger partial charge in [-0.15, -0.1) is 0 Å². The third-order valence-corrected chi connectivity index (χ3v) is 4.70. The number of imidazole rings is 1. The molecule has 0 aliphatic carbocycles. The Labute approximate surface area is 167 Å². The number of thioether (sulfide) groups is 1. The lowest BCUT2D eigenvalue weighted by molar-refractivity contribution is 0.0517. The number of amides is 1. The van der Waals surface area contributed by atoms with Crippen LogP contribution >= 0.6 is 11.8 Å². The van der Waals surface area contributed by atoms with Gasteiger partial charge in [0.15, 0.2) is 16.7 Å². The van der Waals surface area contributed by atoms with Gasteiger partial charge >= 0.3 is 5.97 Å². The van der Waals surface area contributed by atoms with Crippen molar-refractivity contribution in [2.75, 3.05) is 18.2 Å². The summed E-state index contributed by atoms with van der Waals surface area (Å²) < 4.78 is 6.93. The molecule has 0 spiro atoms. The Balaban J connectivity index is 2.07. The van der Waals surface area contributed by atoms with Crippen LogP contribution in [0.3, 0.4) is 0 Å². The van der Waals surface area contributed by atoms with Crippen LogP contribution in [-0.4, -0.2) is 34.3 Å². The van der Waals surface area contributed by atoms with E-state index in [9.17, 15) is 9.59 Å². The van der Waals surface area contributed by atoms with Gasteiger partial charge in [0, 0.05) is 11.3 Å². The average molecular weight is 395 g/mol. The van der Waals surface area contributed by atoms with Gasteiger partial charge in [-0.25, -0.2) is 9.78 Å². The summed E-state index contributed by atoms with van der Waals surface area (Å²) >= 11 is 1.38. The monoisotopic (exact) mass is 395 g/mol. The standard InChI is InChI=1S/C21H21N3O3S/c1-4-27-20(26)17-18(22-19(25)15-12-10-14(2)11-13-15)23-21(28-3)24(17)16-8-6-5-7-9-16/h5-13H,4H2,1-3H3,(H,22,25). The Bertz CT molecular complexity index is 982. The van der Waals surface area contributed by atoms with Crippen molar-refractivity contribution in [1.29, 1.82) is 0 Å². The SMILES string of the molecule is CCOC(=O)c1c(NC(=O)c2ccc(C)cc2)nc(SC)n1-c1ccccc1. The van der Waals surface area contributed by atoms with Crippen molar-refractivity contribution < 1.29 is 14.3 Å². The summed E-state index contributed by atoms with van der Waals surface area (Å²) in [6.07, 6.45) is 1.86. The third kappa shape index (κ3) is 4.09. The maximum atomic E-state index is 12.7. The fraction of sp³-hybridized carbons (Fsp3) is 0.190. The van der Waals surface area contributed by atoms with Crippen LogP contribution in [0.5, 0.6) is 0 Å². The van der Waals surface area contributed by atoms with Gasteiger partial charge in [-0.05, 0) is 44.4 Å². The van der Waals surface area contributed by atoms with Crippen molar-refractivity contribution in [3.63, 3.8) is 0 Å². The number of para-hydroxylation sites is 1. The van der Waals surface area contributed by atoms with E-state index in [1.165, 1.54) is 11.8 Å². The number of rotatable bonds is 6. The number of carbonyl (C=O) groups excluding carboxylic acids is 2. The number of benzene rings is 2. The molecule has 1 amide bonds. The van der Waals surface area contributed by atoms with E-state index in [1.54, 1.807) is 23.6 Å². The first-order valence-electron chi connectivity index (χ1n) is 8.82. The number of hydrogen-bond donors (Lipinski definition) is 1. The van der Waals surface area contributed by atoms with Crippen molar-refractivity contribution in [3.05, 3.63) is 71.4 Å². The second kappa shape index (κ2) is 8.75. The number of nitrogens with one attached hydrogen (secondary N) is 1. The molecule has 0 saturated carbocycles. The van der Waals surface area contributed by atoms with Gasteiger partial charge in [0.2, 0.25) is 0 Å². The highest BCUT2D eigenvalue weighted by Crippen LogP contribution is 2.28. The first-order chi connectivity index (χ1) is 13.5. The van der Waals surface area contributed by atoms with E-state index >= 15 is 0 Å². The Hall–Kier alpha value is -3.06. The summed E-state index contributed by atoms with van der Waals surface area (Å²) in [7, 11) is 0. The number of nitrogens with zero attached hydrogens (tertiary/aromatic N) is 2. The maximum Gasteiger partial charge on any atom is 0.359 e. The molecule has 1 N–H and O–H groups in total. The zero-order valence-corrected chi connectivity index (χ0v) is 16.7. The number of ether oxygens (including phenoxy) is 1. The van der Waals surface area contributed by atoms with Gasteiger partial charge in [-0.3, -0.25) is 9.36 Å². The first-order valence-corrected chi connectivity index (χ1v) is 10.0. The summed E-state index contributed by atoms with van der Waals surface area (Å²) in [4.78, 5) is 29.9. The molecule has 2 aromatic carbocycles. The van der Waals surface area contributed by atoms with E-state index in [4.69, 9.17) is 4.74 Å². The van der Waals surface area contributed by atoms with Crippen molar-refractivity contribution in [2.24, 2.45) is 0 Å². The summed E-state index contributed by atoms with van der Waals surface area (Å²) in [6.45, 7) is 3.91. The van der Waals surface area contributed by atoms with E-state index in [-0.39, 0.29) is 24.0 Å². The molecule has 1 aromatic heterocycles. The van der Waals surface area contributed by atoms with E-state index < -0.39 is 5.97 Å². The molecule has 0 unspecified atom stereocenters. The molecule has 0 bridgehead atoms. The Kier molecular flexibility index (Phi) is 6.16. The number of hydrogen-bond acceptors (Lipinski definition) is 5. The molecule has 3 aromatic rings. The molecule has 144 valence electrons. The minimum Gasteiger partial charge on any atom is -0.461 e. The highest BCUT2D eigenvalue weighted by Gasteiger charge is 2.26.